The first kappa shape index (κ1) is 39.0. The van der Waals surface area contributed by atoms with E-state index in [0.29, 0.717) is 16.6 Å². The summed E-state index contributed by atoms with van der Waals surface area (Å²) in [6, 6.07) is 14.9. The van der Waals surface area contributed by atoms with E-state index in [1.54, 1.807) is 86.0 Å². The first-order chi connectivity index (χ1) is 25.8. The topological polar surface area (TPSA) is 152 Å². The van der Waals surface area contributed by atoms with Gasteiger partial charge in [-0.2, -0.15) is 0 Å². The Morgan fingerprint density at radius 3 is 2.36 bits per heavy atom. The zero-order chi connectivity index (χ0) is 40.0. The van der Waals surface area contributed by atoms with E-state index in [4.69, 9.17) is 25.8 Å². The third-order valence-electron chi connectivity index (χ3n) is 8.92. The number of benzene rings is 3. The Kier molecular flexibility index (Phi) is 10.5. The van der Waals surface area contributed by atoms with Crippen LogP contribution >= 0.6 is 11.6 Å². The maximum atomic E-state index is 15.2. The second kappa shape index (κ2) is 14.9. The largest absolute Gasteiger partial charge is 0.458 e. The van der Waals surface area contributed by atoms with E-state index in [9.17, 15) is 24.5 Å². The van der Waals surface area contributed by atoms with Crippen molar-refractivity contribution in [3.05, 3.63) is 99.0 Å². The lowest BCUT2D eigenvalue weighted by Crippen LogP contribution is -2.49. The van der Waals surface area contributed by atoms with Crippen LogP contribution in [0.2, 0.25) is 5.02 Å². The molecule has 0 N–H and O–H groups in total. The van der Waals surface area contributed by atoms with Crippen LogP contribution < -0.4 is 10.5 Å². The second-order valence-corrected chi connectivity index (χ2v) is 15.8. The molecule has 1 aliphatic heterocycles. The molecule has 290 valence electrons. The van der Waals surface area contributed by atoms with E-state index in [-0.39, 0.29) is 48.1 Å². The number of nitro benzene ring substituents is 1. The smallest absolute Gasteiger partial charge is 0.437 e. The number of rotatable bonds is 6. The number of imidazole rings is 1. The van der Waals surface area contributed by atoms with Crippen LogP contribution in [0.25, 0.3) is 21.9 Å². The minimum absolute atomic E-state index is 0.00375. The molecule has 1 aliphatic rings. The maximum Gasteiger partial charge on any atom is 0.437 e. The molecule has 1 fully saturated rings. The highest BCUT2D eigenvalue weighted by atomic mass is 35.5. The Balaban J connectivity index is 1.54. The fraction of sp³-hybridized carbons (Fsp3) is 0.385. The number of anilines is 1. The van der Waals surface area contributed by atoms with Crippen LogP contribution in [0.15, 0.2) is 71.9 Å². The normalized spacial score (nSPS) is 16.7. The number of piperidine rings is 1. The summed E-state index contributed by atoms with van der Waals surface area (Å²) in [5.41, 5.74) is 0.720. The monoisotopic (exact) mass is 776 g/mol. The lowest BCUT2D eigenvalue weighted by molar-refractivity contribution is -0.384. The lowest BCUT2D eigenvalue weighted by Gasteiger charge is -2.39. The van der Waals surface area contributed by atoms with Gasteiger partial charge in [-0.25, -0.2) is 14.0 Å². The molecule has 3 heterocycles. The summed E-state index contributed by atoms with van der Waals surface area (Å²) in [5, 5.41) is 13.0. The van der Waals surface area contributed by atoms with Crippen LogP contribution in [0.1, 0.15) is 66.5 Å². The summed E-state index contributed by atoms with van der Waals surface area (Å²) in [6.45, 7) is 12.1. The molecule has 0 saturated carbocycles. The summed E-state index contributed by atoms with van der Waals surface area (Å²) >= 11 is 6.27. The predicted molar refractivity (Wildman–Crippen MR) is 204 cm³/mol. The van der Waals surface area contributed by atoms with Gasteiger partial charge in [-0.05, 0) is 96.0 Å². The third-order valence-corrected chi connectivity index (χ3v) is 9.15. The van der Waals surface area contributed by atoms with Gasteiger partial charge in [0.15, 0.2) is 0 Å². The number of carbonyl (C=O) groups excluding carboxylic acids is 3. The van der Waals surface area contributed by atoms with Crippen molar-refractivity contribution in [1.82, 2.24) is 13.7 Å². The zero-order valence-corrected chi connectivity index (χ0v) is 32.3. The van der Waals surface area contributed by atoms with E-state index >= 15 is 4.39 Å². The van der Waals surface area contributed by atoms with Crippen LogP contribution in [0.3, 0.4) is 0 Å². The molecule has 1 amide bonds. The van der Waals surface area contributed by atoms with E-state index in [1.807, 2.05) is 6.07 Å². The Bertz CT molecular complexity index is 2400. The summed E-state index contributed by atoms with van der Waals surface area (Å²) in [6.07, 6.45) is -0.551. The predicted octanol–water partition coefficient (Wildman–Crippen LogP) is 8.15. The van der Waals surface area contributed by atoms with Gasteiger partial charge in [-0.1, -0.05) is 23.7 Å². The fourth-order valence-electron chi connectivity index (χ4n) is 6.89. The van der Waals surface area contributed by atoms with Crippen LogP contribution in [-0.4, -0.2) is 67.2 Å². The molecule has 55 heavy (non-hydrogen) atoms. The Hall–Kier alpha value is -5.70. The molecular formula is C39H42ClFN6O8. The SMILES string of the molecule is CC(=O)OC1CN(c2cc(Cl)ccc2[N+](=O)[O-])CCC1n1/c(=N/C(=O)OC(C)(C)C)n(Cc2cccc3c2ccn3C(=O)OC(C)(C)C)c2ccc(F)cc21. The second-order valence-electron chi connectivity index (χ2n) is 15.3. The van der Waals surface area contributed by atoms with Crippen molar-refractivity contribution in [2.45, 2.75) is 84.8 Å². The Morgan fingerprint density at radius 2 is 1.69 bits per heavy atom. The molecule has 0 aliphatic carbocycles. The van der Waals surface area contributed by atoms with Crippen LogP contribution in [0.5, 0.6) is 0 Å². The number of nitro groups is 1. The number of esters is 1. The maximum absolute atomic E-state index is 15.2. The molecule has 0 bridgehead atoms. The van der Waals surface area contributed by atoms with Crippen molar-refractivity contribution in [2.24, 2.45) is 4.99 Å². The van der Waals surface area contributed by atoms with Gasteiger partial charge in [0.25, 0.3) is 5.69 Å². The fourth-order valence-corrected chi connectivity index (χ4v) is 7.05. The van der Waals surface area contributed by atoms with Gasteiger partial charge in [-0.3, -0.25) is 19.5 Å². The number of nitrogens with zero attached hydrogens (tertiary/aromatic N) is 6. The van der Waals surface area contributed by atoms with Gasteiger partial charge in [0.1, 0.15) is 28.8 Å². The average Bonchev–Trinajstić information content (AvgIpc) is 3.62. The van der Waals surface area contributed by atoms with Gasteiger partial charge in [0.2, 0.25) is 5.62 Å². The van der Waals surface area contributed by atoms with Crippen molar-refractivity contribution >= 4 is 63.1 Å². The number of fused-ring (bicyclic) bond motifs is 2. The van der Waals surface area contributed by atoms with Gasteiger partial charge < -0.3 is 28.2 Å². The molecule has 1 saturated heterocycles. The highest BCUT2D eigenvalue weighted by Gasteiger charge is 2.37. The van der Waals surface area contributed by atoms with Crippen molar-refractivity contribution in [3.63, 3.8) is 0 Å². The van der Waals surface area contributed by atoms with Crippen molar-refractivity contribution in [2.75, 3.05) is 18.0 Å². The highest BCUT2D eigenvalue weighted by molar-refractivity contribution is 6.31. The van der Waals surface area contributed by atoms with E-state index in [0.717, 1.165) is 10.9 Å². The molecular weight excluding hydrogens is 735 g/mol. The van der Waals surface area contributed by atoms with Gasteiger partial charge in [-0.15, -0.1) is 4.99 Å². The van der Waals surface area contributed by atoms with Crippen molar-refractivity contribution in [3.8, 4) is 0 Å². The van der Waals surface area contributed by atoms with Gasteiger partial charge >= 0.3 is 18.2 Å². The van der Waals surface area contributed by atoms with Crippen LogP contribution in [0, 0.1) is 15.9 Å². The quantitative estimate of drug-likeness (QED) is 0.0720. The highest BCUT2D eigenvalue weighted by Crippen LogP contribution is 2.37. The molecule has 3 aromatic carbocycles. The molecule has 6 rings (SSSR count). The Labute approximate surface area is 320 Å². The molecule has 0 spiro atoms. The molecule has 2 atom stereocenters. The molecule has 2 aromatic heterocycles. The first-order valence-electron chi connectivity index (χ1n) is 17.7. The van der Waals surface area contributed by atoms with E-state index in [1.165, 1.54) is 41.8 Å². The summed E-state index contributed by atoms with van der Waals surface area (Å²) in [4.78, 5) is 57.0. The minimum Gasteiger partial charge on any atom is -0.458 e. The average molecular weight is 777 g/mol. The zero-order valence-electron chi connectivity index (χ0n) is 31.5. The van der Waals surface area contributed by atoms with Gasteiger partial charge in [0, 0.05) is 36.1 Å². The summed E-state index contributed by atoms with van der Waals surface area (Å²) < 4.78 is 37.2. The molecule has 5 aromatic rings. The standard InChI is InChI=1S/C39H42ClFN6O8/c1-23(48)53-34-22-43(32-19-25(40)11-13-30(32)47(51)52)17-16-31(34)46-33-20-26(41)12-14-29(33)45(35(46)42-36(49)54-38(2,3)4)21-24-9-8-10-28-27(24)15-18-44(28)37(50)55-39(5,6)7/h8-15,18-20,31,34H,16-17,21-22H2,1-7H3/b42-35+. The number of halogens is 2. The van der Waals surface area contributed by atoms with E-state index in [2.05, 4.69) is 4.99 Å². The summed E-state index contributed by atoms with van der Waals surface area (Å²) in [5.74, 6) is -1.17. The third kappa shape index (κ3) is 8.51. The molecule has 14 nitrogen and oxygen atoms in total. The molecule has 2 unspecified atom stereocenters. The van der Waals surface area contributed by atoms with Crippen molar-refractivity contribution < 1.29 is 37.9 Å². The number of amides is 1. The number of aromatic nitrogens is 3. The molecule has 0 radical (unpaired) electrons. The summed E-state index contributed by atoms with van der Waals surface area (Å²) in [7, 11) is 0. The van der Waals surface area contributed by atoms with Gasteiger partial charge in [0.05, 0.1) is 40.6 Å². The first-order valence-corrected chi connectivity index (χ1v) is 18.0. The number of carbonyl (C=O) groups is 3. The van der Waals surface area contributed by atoms with Crippen LogP contribution in [0.4, 0.5) is 25.4 Å². The molecule has 16 heteroatoms. The lowest BCUT2D eigenvalue weighted by atomic mass is 10.00. The Morgan fingerprint density at radius 1 is 0.964 bits per heavy atom. The number of hydrogen-bond acceptors (Lipinski definition) is 9. The number of hydrogen-bond donors (Lipinski definition) is 0. The number of ether oxygens (including phenoxy) is 3. The minimum atomic E-state index is -0.948. The van der Waals surface area contributed by atoms with Crippen molar-refractivity contribution in [1.29, 1.82) is 0 Å². The van der Waals surface area contributed by atoms with E-state index < -0.39 is 52.2 Å². The van der Waals surface area contributed by atoms with Crippen LogP contribution in [-0.2, 0) is 25.5 Å².